The first-order valence-electron chi connectivity index (χ1n) is 26.8. The van der Waals surface area contributed by atoms with Crippen LogP contribution in [0.3, 0.4) is 0 Å². The second-order valence-electron chi connectivity index (χ2n) is 18.8. The number of carboxylic acids is 1. The van der Waals surface area contributed by atoms with Crippen LogP contribution in [0.5, 0.6) is 0 Å². The van der Waals surface area contributed by atoms with Crippen molar-refractivity contribution in [3.8, 4) is 0 Å². The highest BCUT2D eigenvalue weighted by Gasteiger charge is 2.25. The van der Waals surface area contributed by atoms with Crippen molar-refractivity contribution < 1.29 is 42.9 Å². The van der Waals surface area contributed by atoms with Gasteiger partial charge in [0.2, 0.25) is 0 Å². The van der Waals surface area contributed by atoms with Crippen molar-refractivity contribution in [2.24, 2.45) is 0 Å². The first-order valence-corrected chi connectivity index (χ1v) is 26.8. The summed E-state index contributed by atoms with van der Waals surface area (Å²) in [7, 11) is 5.95. The van der Waals surface area contributed by atoms with Crippen molar-refractivity contribution in [2.45, 2.75) is 219 Å². The van der Waals surface area contributed by atoms with Gasteiger partial charge in [-0.2, -0.15) is 0 Å². The lowest BCUT2D eigenvalue weighted by Gasteiger charge is -2.25. The lowest BCUT2D eigenvalue weighted by molar-refractivity contribution is -0.870. The molecule has 0 fully saturated rings. The number of rotatable bonds is 48. The summed E-state index contributed by atoms with van der Waals surface area (Å²) >= 11 is 0. The molecule has 0 saturated heterocycles. The molecule has 0 aliphatic carbocycles. The number of carboxylic acid groups (broad SMARTS) is 1. The summed E-state index contributed by atoms with van der Waals surface area (Å²) in [6.07, 6.45) is 60.9. The van der Waals surface area contributed by atoms with Gasteiger partial charge >= 0.3 is 17.9 Å². The Kier molecular flexibility index (Phi) is 46.3. The Hall–Kier alpha value is -3.53. The minimum Gasteiger partial charge on any atom is -0.477 e. The quantitative estimate of drug-likeness (QED) is 0.0211. The fourth-order valence-electron chi connectivity index (χ4n) is 7.02. The number of ether oxygens (including phenoxy) is 4. The maximum atomic E-state index is 12.8. The standard InChI is InChI=1S/C58H99NO8/c1-6-8-10-12-14-16-18-20-21-22-23-24-25-26-27-28-29-30-31-32-33-34-35-37-39-41-43-45-47-49-56(61)67-54(53-66-58(57(62)63)64-51-50-59(3,4)5)52-65-55(60)48-46-44-42-40-38-36-19-17-15-13-11-9-7-2/h8,10-11,13-14,16-17,19-21,23-24,26-27,54,58H,6-7,9,12,15,18,22,25,28-53H2,1-5H3/p+1/b10-8-,13-11-,16-14-,19-17-,21-20-,24-23-,27-26-. The zero-order chi connectivity index (χ0) is 49.2. The second kappa shape index (κ2) is 48.9. The van der Waals surface area contributed by atoms with Crippen LogP contribution in [0.15, 0.2) is 85.1 Å². The van der Waals surface area contributed by atoms with Crippen LogP contribution in [-0.4, -0.2) is 87.4 Å². The minimum atomic E-state index is -1.52. The molecule has 0 radical (unpaired) electrons. The van der Waals surface area contributed by atoms with Crippen LogP contribution in [0.4, 0.5) is 0 Å². The Morgan fingerprint density at radius 1 is 0.463 bits per heavy atom. The molecular formula is C58H100NO8+. The average molecular weight is 939 g/mol. The van der Waals surface area contributed by atoms with Gasteiger partial charge in [-0.15, -0.1) is 0 Å². The molecule has 384 valence electrons. The molecule has 9 nitrogen and oxygen atoms in total. The van der Waals surface area contributed by atoms with E-state index in [-0.39, 0.29) is 38.6 Å². The highest BCUT2D eigenvalue weighted by atomic mass is 16.7. The van der Waals surface area contributed by atoms with Crippen LogP contribution in [-0.2, 0) is 33.3 Å². The van der Waals surface area contributed by atoms with Crippen LogP contribution in [0.2, 0.25) is 0 Å². The van der Waals surface area contributed by atoms with E-state index in [1.165, 1.54) is 70.6 Å². The van der Waals surface area contributed by atoms with E-state index < -0.39 is 24.3 Å². The summed E-state index contributed by atoms with van der Waals surface area (Å²) in [5.41, 5.74) is 0. The number of esters is 2. The number of quaternary nitrogens is 1. The molecule has 0 rings (SSSR count). The molecule has 0 aromatic heterocycles. The zero-order valence-corrected chi connectivity index (χ0v) is 43.5. The van der Waals surface area contributed by atoms with Crippen LogP contribution in [0, 0.1) is 0 Å². The van der Waals surface area contributed by atoms with Gasteiger partial charge in [0.25, 0.3) is 6.29 Å². The number of carbonyl (C=O) groups is 3. The monoisotopic (exact) mass is 939 g/mol. The van der Waals surface area contributed by atoms with E-state index in [2.05, 4.69) is 98.9 Å². The molecule has 67 heavy (non-hydrogen) atoms. The molecule has 0 saturated carbocycles. The van der Waals surface area contributed by atoms with Gasteiger partial charge in [-0.3, -0.25) is 9.59 Å². The first-order chi connectivity index (χ1) is 32.6. The van der Waals surface area contributed by atoms with Crippen molar-refractivity contribution in [3.63, 3.8) is 0 Å². The molecule has 2 atom stereocenters. The van der Waals surface area contributed by atoms with E-state index in [1.54, 1.807) is 0 Å². The number of carbonyl (C=O) groups excluding carboxylic acids is 2. The number of aliphatic carboxylic acids is 1. The third-order valence-corrected chi connectivity index (χ3v) is 11.1. The Bertz CT molecular complexity index is 1370. The SMILES string of the molecule is CC/C=C\C/C=C\C/C=C\C/C=C\C/C=C\CCCCCCCCCCCCCCCC(=O)OC(COC(=O)CCCCCCC/C=C\C/C=C\CCC)COC(OCC[N+](C)(C)C)C(=O)O. The third-order valence-electron chi connectivity index (χ3n) is 11.1. The maximum absolute atomic E-state index is 12.8. The molecule has 2 unspecified atom stereocenters. The van der Waals surface area contributed by atoms with E-state index >= 15 is 0 Å². The van der Waals surface area contributed by atoms with Crippen LogP contribution in [0.25, 0.3) is 0 Å². The Morgan fingerprint density at radius 3 is 1.27 bits per heavy atom. The molecule has 1 N–H and O–H groups in total. The van der Waals surface area contributed by atoms with Gasteiger partial charge in [0.1, 0.15) is 13.2 Å². The summed E-state index contributed by atoms with van der Waals surface area (Å²) in [6, 6.07) is 0. The molecule has 0 spiro atoms. The van der Waals surface area contributed by atoms with Gasteiger partial charge < -0.3 is 28.5 Å². The minimum absolute atomic E-state index is 0.182. The van der Waals surface area contributed by atoms with E-state index in [1.807, 2.05) is 21.1 Å². The molecule has 0 amide bonds. The molecule has 0 aromatic rings. The zero-order valence-electron chi connectivity index (χ0n) is 43.5. The van der Waals surface area contributed by atoms with Crippen molar-refractivity contribution in [1.29, 1.82) is 0 Å². The van der Waals surface area contributed by atoms with Crippen LogP contribution >= 0.6 is 0 Å². The largest absolute Gasteiger partial charge is 0.477 e. The van der Waals surface area contributed by atoms with Crippen LogP contribution < -0.4 is 0 Å². The number of nitrogens with zero attached hydrogens (tertiary/aromatic N) is 1. The number of hydrogen-bond donors (Lipinski definition) is 1. The van der Waals surface area contributed by atoms with E-state index in [4.69, 9.17) is 18.9 Å². The summed E-state index contributed by atoms with van der Waals surface area (Å²) in [6.45, 7) is 4.67. The topological polar surface area (TPSA) is 108 Å². The van der Waals surface area contributed by atoms with E-state index in [0.29, 0.717) is 17.4 Å². The summed E-state index contributed by atoms with van der Waals surface area (Å²) in [4.78, 5) is 37.3. The third kappa shape index (κ3) is 50.2. The molecule has 0 aliphatic rings. The normalized spacial score (nSPS) is 13.5. The molecule has 0 bridgehead atoms. The molecule has 9 heteroatoms. The predicted octanol–water partition coefficient (Wildman–Crippen LogP) is 15.2. The summed E-state index contributed by atoms with van der Waals surface area (Å²) < 4.78 is 22.8. The van der Waals surface area contributed by atoms with Crippen LogP contribution in [0.1, 0.15) is 206 Å². The summed E-state index contributed by atoms with van der Waals surface area (Å²) in [5, 5.41) is 9.67. The lowest BCUT2D eigenvalue weighted by atomic mass is 10.0. The molecule has 0 aliphatic heterocycles. The van der Waals surface area contributed by atoms with Gasteiger partial charge in [0, 0.05) is 12.8 Å². The Labute approximate surface area is 410 Å². The van der Waals surface area contributed by atoms with Gasteiger partial charge in [0.15, 0.2) is 6.10 Å². The van der Waals surface area contributed by atoms with Gasteiger partial charge in [-0.1, -0.05) is 195 Å². The van der Waals surface area contributed by atoms with E-state index in [0.717, 1.165) is 103 Å². The highest BCUT2D eigenvalue weighted by Crippen LogP contribution is 2.15. The van der Waals surface area contributed by atoms with Crippen molar-refractivity contribution >= 4 is 17.9 Å². The van der Waals surface area contributed by atoms with Crippen molar-refractivity contribution in [2.75, 3.05) is 47.5 Å². The maximum Gasteiger partial charge on any atom is 0.361 e. The predicted molar refractivity (Wildman–Crippen MR) is 281 cm³/mol. The fraction of sp³-hybridized carbons (Fsp3) is 0.707. The molecular weight excluding hydrogens is 839 g/mol. The fourth-order valence-corrected chi connectivity index (χ4v) is 7.02. The van der Waals surface area contributed by atoms with E-state index in [9.17, 15) is 19.5 Å². The molecule has 0 heterocycles. The Balaban J connectivity index is 4.22. The second-order valence-corrected chi connectivity index (χ2v) is 18.8. The summed E-state index contributed by atoms with van der Waals surface area (Å²) in [5.74, 6) is -2.03. The highest BCUT2D eigenvalue weighted by molar-refractivity contribution is 5.71. The van der Waals surface area contributed by atoms with Gasteiger partial charge in [-0.25, -0.2) is 4.79 Å². The lowest BCUT2D eigenvalue weighted by Crippen LogP contribution is -2.40. The van der Waals surface area contributed by atoms with Gasteiger partial charge in [0.05, 0.1) is 34.4 Å². The number of hydrogen-bond acceptors (Lipinski definition) is 7. The Morgan fingerprint density at radius 2 is 0.851 bits per heavy atom. The average Bonchev–Trinajstić information content (AvgIpc) is 3.29. The molecule has 0 aromatic carbocycles. The number of unbranched alkanes of at least 4 members (excludes halogenated alkanes) is 19. The van der Waals surface area contributed by atoms with Crippen molar-refractivity contribution in [1.82, 2.24) is 0 Å². The van der Waals surface area contributed by atoms with Gasteiger partial charge in [-0.05, 0) is 83.5 Å². The smallest absolute Gasteiger partial charge is 0.361 e. The first kappa shape index (κ1) is 63.5. The van der Waals surface area contributed by atoms with Crippen molar-refractivity contribution in [3.05, 3.63) is 85.1 Å². The number of likely N-dealkylation sites (N-methyl/N-ethyl adjacent to an activating group) is 1. The number of allylic oxidation sites excluding steroid dienone is 14.